The van der Waals surface area contributed by atoms with Crippen LogP contribution in [0.3, 0.4) is 0 Å². The van der Waals surface area contributed by atoms with E-state index < -0.39 is 0 Å². The number of fused-ring (bicyclic) bond motifs is 1. The van der Waals surface area contributed by atoms with Gasteiger partial charge in [0.25, 0.3) is 5.71 Å². The van der Waals surface area contributed by atoms with E-state index >= 15 is 0 Å². The molecule has 2 N–H and O–H groups in total. The van der Waals surface area contributed by atoms with Crippen molar-refractivity contribution in [2.75, 3.05) is 25.5 Å². The summed E-state index contributed by atoms with van der Waals surface area (Å²) in [5.74, 6) is 0.995. The molecule has 7 nitrogen and oxygen atoms in total. The fraction of sp³-hybridized carbons (Fsp3) is 0.421. The molecule has 0 spiro atoms. The Balaban J connectivity index is 1.60. The first-order valence-corrected chi connectivity index (χ1v) is 8.97. The van der Waals surface area contributed by atoms with Crippen molar-refractivity contribution in [3.63, 3.8) is 0 Å². The second-order valence-electron chi connectivity index (χ2n) is 6.95. The largest absolute Gasteiger partial charge is 0.422 e. The van der Waals surface area contributed by atoms with Crippen LogP contribution >= 0.6 is 0 Å². The summed E-state index contributed by atoms with van der Waals surface area (Å²) in [5.41, 5.74) is 1.67. The van der Waals surface area contributed by atoms with Crippen molar-refractivity contribution in [1.29, 1.82) is 0 Å². The van der Waals surface area contributed by atoms with E-state index in [1.54, 1.807) is 13.0 Å². The van der Waals surface area contributed by atoms with Crippen LogP contribution in [0, 0.1) is 18.7 Å². The van der Waals surface area contributed by atoms with Crippen LogP contribution < -0.4 is 5.32 Å². The minimum absolute atomic E-state index is 0.0129. The van der Waals surface area contributed by atoms with E-state index in [-0.39, 0.29) is 30.4 Å². The molecule has 142 valence electrons. The van der Waals surface area contributed by atoms with Crippen molar-refractivity contribution < 1.29 is 13.9 Å². The Bertz CT molecular complexity index is 947. The third kappa shape index (κ3) is 3.26. The summed E-state index contributed by atoms with van der Waals surface area (Å²) >= 11 is 0. The van der Waals surface area contributed by atoms with Crippen LogP contribution in [0.4, 0.5) is 10.2 Å². The van der Waals surface area contributed by atoms with Crippen LogP contribution in [0.25, 0.3) is 11.2 Å². The Labute approximate surface area is 156 Å². The molecule has 0 saturated carbocycles. The molecule has 3 heterocycles. The molecular weight excluding hydrogens is 349 g/mol. The van der Waals surface area contributed by atoms with Gasteiger partial charge in [0.05, 0.1) is 6.61 Å². The van der Waals surface area contributed by atoms with Gasteiger partial charge in [0, 0.05) is 31.1 Å². The second kappa shape index (κ2) is 7.21. The smallest absolute Gasteiger partial charge is 0.252 e. The van der Waals surface area contributed by atoms with Gasteiger partial charge in [-0.05, 0) is 25.5 Å². The molecule has 0 amide bonds. The predicted molar refractivity (Wildman–Crippen MR) is 98.7 cm³/mol. The number of oxazole rings is 1. The summed E-state index contributed by atoms with van der Waals surface area (Å²) in [5, 5.41) is 13.0. The number of likely N-dealkylation sites (tertiary alicyclic amines) is 1. The fourth-order valence-corrected chi connectivity index (χ4v) is 4.01. The van der Waals surface area contributed by atoms with Crippen LogP contribution in [0.5, 0.6) is 0 Å². The number of anilines is 1. The number of aliphatic hydroxyl groups is 1. The van der Waals surface area contributed by atoms with E-state index in [4.69, 9.17) is 4.42 Å². The normalized spacial score (nSPS) is 23.2. The average molecular weight is 371 g/mol. The molecule has 8 heteroatoms. The topological polar surface area (TPSA) is 87.3 Å². The highest BCUT2D eigenvalue weighted by molar-refractivity contribution is 5.80. The Morgan fingerprint density at radius 3 is 2.93 bits per heavy atom. The molecule has 0 bridgehead atoms. The van der Waals surface area contributed by atoms with E-state index in [1.807, 2.05) is 19.2 Å². The zero-order valence-electron chi connectivity index (χ0n) is 15.3. The number of nitrogens with one attached hydrogen (secondary N) is 1. The van der Waals surface area contributed by atoms with E-state index in [9.17, 15) is 9.50 Å². The summed E-state index contributed by atoms with van der Waals surface area (Å²) in [6, 6.07) is 6.68. The number of aliphatic hydroxyl groups excluding tert-OH is 1. The summed E-state index contributed by atoms with van der Waals surface area (Å²) in [6.45, 7) is 2.37. The number of likely N-dealkylation sites (N-methyl/N-ethyl adjacent to an activating group) is 1. The van der Waals surface area contributed by atoms with Crippen LogP contribution in [-0.2, 0) is 0 Å². The average Bonchev–Trinajstić information content (AvgIpc) is 3.19. The minimum Gasteiger partial charge on any atom is -0.422 e. The van der Waals surface area contributed by atoms with E-state index in [0.717, 1.165) is 6.42 Å². The number of benzene rings is 1. The lowest BCUT2D eigenvalue weighted by atomic mass is 9.92. The third-order valence-corrected chi connectivity index (χ3v) is 5.30. The number of rotatable bonds is 5. The number of hydrogen-bond donors (Lipinski definition) is 2. The van der Waals surface area contributed by atoms with Gasteiger partial charge < -0.3 is 14.8 Å². The predicted octanol–water partition coefficient (Wildman–Crippen LogP) is 2.53. The number of halogens is 1. The van der Waals surface area contributed by atoms with Crippen molar-refractivity contribution in [2.24, 2.45) is 5.92 Å². The standard InChI is InChI=1S/C19H22FN5O2/c1-11-24-16-18(22-10-23-19(16)27-11)21-8-12-7-13(9-26)25(2)17(12)14-5-3-4-6-15(14)20/h3-6,10,12-13,17,26H,7-9H2,1-2H3,(H,21,22,23)/t12-,13+,17-/m1/s1. The Kier molecular flexibility index (Phi) is 4.75. The molecule has 1 aromatic carbocycles. The van der Waals surface area contributed by atoms with Gasteiger partial charge in [-0.3, -0.25) is 4.90 Å². The van der Waals surface area contributed by atoms with E-state index in [0.29, 0.717) is 35.0 Å². The monoisotopic (exact) mass is 371 g/mol. The van der Waals surface area contributed by atoms with Crippen molar-refractivity contribution in [2.45, 2.75) is 25.4 Å². The Morgan fingerprint density at radius 2 is 2.15 bits per heavy atom. The van der Waals surface area contributed by atoms with Gasteiger partial charge in [0.15, 0.2) is 17.2 Å². The first kappa shape index (κ1) is 17.8. The first-order chi connectivity index (χ1) is 13.1. The molecule has 1 aliphatic rings. The zero-order chi connectivity index (χ0) is 19.0. The van der Waals surface area contributed by atoms with Crippen molar-refractivity contribution in [3.8, 4) is 0 Å². The Morgan fingerprint density at radius 1 is 1.33 bits per heavy atom. The molecule has 0 unspecified atom stereocenters. The maximum Gasteiger partial charge on any atom is 0.252 e. The quantitative estimate of drug-likeness (QED) is 0.713. The number of aromatic nitrogens is 3. The molecule has 0 radical (unpaired) electrons. The number of hydrogen-bond acceptors (Lipinski definition) is 7. The summed E-state index contributed by atoms with van der Waals surface area (Å²) < 4.78 is 19.9. The molecular formula is C19H22FN5O2. The molecule has 4 rings (SSSR count). The maximum atomic E-state index is 14.4. The van der Waals surface area contributed by atoms with Gasteiger partial charge in [-0.2, -0.15) is 4.98 Å². The van der Waals surface area contributed by atoms with Crippen molar-refractivity contribution >= 4 is 17.0 Å². The van der Waals surface area contributed by atoms with Crippen LogP contribution in [0.15, 0.2) is 35.0 Å². The van der Waals surface area contributed by atoms with E-state index in [2.05, 4.69) is 25.2 Å². The highest BCUT2D eigenvalue weighted by Gasteiger charge is 2.40. The third-order valence-electron chi connectivity index (χ3n) is 5.30. The molecule has 1 saturated heterocycles. The van der Waals surface area contributed by atoms with Crippen LogP contribution in [-0.4, -0.2) is 51.2 Å². The highest BCUT2D eigenvalue weighted by Crippen LogP contribution is 2.40. The molecule has 0 aliphatic carbocycles. The zero-order valence-corrected chi connectivity index (χ0v) is 15.3. The SMILES string of the molecule is Cc1nc2c(NC[C@H]3C[C@@H](CO)N(C)[C@H]3c3ccccc3F)ncnc2o1. The van der Waals surface area contributed by atoms with Crippen molar-refractivity contribution in [1.82, 2.24) is 19.9 Å². The summed E-state index contributed by atoms with van der Waals surface area (Å²) in [7, 11) is 1.93. The van der Waals surface area contributed by atoms with Gasteiger partial charge in [-0.15, -0.1) is 0 Å². The molecule has 1 aliphatic heterocycles. The summed E-state index contributed by atoms with van der Waals surface area (Å²) in [4.78, 5) is 14.7. The molecule has 3 aromatic rings. The maximum absolute atomic E-state index is 14.4. The fourth-order valence-electron chi connectivity index (χ4n) is 4.01. The number of nitrogens with zero attached hydrogens (tertiary/aromatic N) is 4. The molecule has 27 heavy (non-hydrogen) atoms. The number of aryl methyl sites for hydroxylation is 1. The van der Waals surface area contributed by atoms with Gasteiger partial charge in [0.2, 0.25) is 0 Å². The van der Waals surface area contributed by atoms with Crippen LogP contribution in [0.1, 0.15) is 23.9 Å². The van der Waals surface area contributed by atoms with Gasteiger partial charge >= 0.3 is 0 Å². The molecule has 3 atom stereocenters. The van der Waals surface area contributed by atoms with Gasteiger partial charge in [-0.25, -0.2) is 14.4 Å². The highest BCUT2D eigenvalue weighted by atomic mass is 19.1. The molecule has 2 aromatic heterocycles. The van der Waals surface area contributed by atoms with Gasteiger partial charge in [-0.1, -0.05) is 18.2 Å². The van der Waals surface area contributed by atoms with Crippen molar-refractivity contribution in [3.05, 3.63) is 47.9 Å². The lowest BCUT2D eigenvalue weighted by molar-refractivity contribution is 0.152. The second-order valence-corrected chi connectivity index (χ2v) is 6.95. The summed E-state index contributed by atoms with van der Waals surface area (Å²) in [6.07, 6.45) is 2.19. The minimum atomic E-state index is -0.227. The first-order valence-electron chi connectivity index (χ1n) is 8.97. The molecule has 1 fully saturated rings. The van der Waals surface area contributed by atoms with Crippen LogP contribution in [0.2, 0.25) is 0 Å². The van der Waals surface area contributed by atoms with Gasteiger partial charge in [0.1, 0.15) is 12.1 Å². The van der Waals surface area contributed by atoms with E-state index in [1.165, 1.54) is 12.4 Å². The lowest BCUT2D eigenvalue weighted by Gasteiger charge is -2.28. The lowest BCUT2D eigenvalue weighted by Crippen LogP contribution is -2.31. The Hall–Kier alpha value is -2.58.